The molecule has 0 spiro atoms. The van der Waals surface area contributed by atoms with Crippen LogP contribution in [0.1, 0.15) is 33.4 Å². The number of hydrogen-bond acceptors (Lipinski definition) is 0. The SMILES string of the molecule is Cc1cc(-c2ccc3c4ccccc4n(-c4cc(-c5ccc(C(F)(F)F)c(-n6c7ccccc7c7ccc(-c8cc(C)cc(C(F)(F)F)c8)cc76)c5)ccc4C(F)(F)F)c3c2)cc(C(F)(F)F)c1. The van der Waals surface area contributed by atoms with Gasteiger partial charge >= 0.3 is 24.7 Å². The lowest BCUT2D eigenvalue weighted by Crippen LogP contribution is -2.12. The van der Waals surface area contributed by atoms with Gasteiger partial charge < -0.3 is 9.13 Å². The first-order chi connectivity index (χ1) is 32.0. The lowest BCUT2D eigenvalue weighted by molar-refractivity contribution is -0.138. The molecule has 68 heavy (non-hydrogen) atoms. The van der Waals surface area contributed by atoms with Crippen molar-refractivity contribution in [2.45, 2.75) is 38.6 Å². The van der Waals surface area contributed by atoms with E-state index in [1.54, 1.807) is 72.8 Å². The summed E-state index contributed by atoms with van der Waals surface area (Å²) in [5.41, 5.74) is -1.88. The first-order valence-electron chi connectivity index (χ1n) is 20.9. The highest BCUT2D eigenvalue weighted by atomic mass is 19.4. The van der Waals surface area contributed by atoms with Crippen LogP contribution in [0, 0.1) is 13.8 Å². The molecule has 0 aliphatic carbocycles. The van der Waals surface area contributed by atoms with Crippen molar-refractivity contribution in [1.82, 2.24) is 9.13 Å². The molecular formula is C54H32F12N2. The van der Waals surface area contributed by atoms with Gasteiger partial charge in [0, 0.05) is 21.5 Å². The highest BCUT2D eigenvalue weighted by Crippen LogP contribution is 2.45. The van der Waals surface area contributed by atoms with Gasteiger partial charge in [-0.1, -0.05) is 84.9 Å². The Morgan fingerprint density at radius 3 is 1.00 bits per heavy atom. The number of aromatic nitrogens is 2. The Morgan fingerprint density at radius 1 is 0.294 bits per heavy atom. The summed E-state index contributed by atoms with van der Waals surface area (Å²) in [5.74, 6) is 0. The number of hydrogen-bond donors (Lipinski definition) is 0. The summed E-state index contributed by atoms with van der Waals surface area (Å²) in [6.45, 7) is 3.00. The van der Waals surface area contributed by atoms with Crippen LogP contribution in [0.25, 0.3) is 88.4 Å². The number of fused-ring (bicyclic) bond motifs is 6. The smallest absolute Gasteiger partial charge is 0.309 e. The number of para-hydroxylation sites is 2. The minimum atomic E-state index is -4.95. The Hall–Kier alpha value is -7.48. The maximum absolute atomic E-state index is 15.2. The zero-order valence-corrected chi connectivity index (χ0v) is 35.4. The van der Waals surface area contributed by atoms with Crippen molar-refractivity contribution >= 4 is 43.6 Å². The molecule has 0 N–H and O–H groups in total. The predicted molar refractivity (Wildman–Crippen MR) is 241 cm³/mol. The Bertz CT molecular complexity index is 3420. The third kappa shape index (κ3) is 7.71. The first-order valence-corrected chi connectivity index (χ1v) is 20.9. The Morgan fingerprint density at radius 2 is 0.632 bits per heavy atom. The van der Waals surface area contributed by atoms with Crippen LogP contribution in [-0.2, 0) is 24.7 Å². The van der Waals surface area contributed by atoms with Crippen LogP contribution < -0.4 is 0 Å². The average Bonchev–Trinajstić information content (AvgIpc) is 3.79. The molecular weight excluding hydrogens is 905 g/mol. The molecule has 2 heterocycles. The summed E-state index contributed by atoms with van der Waals surface area (Å²) in [4.78, 5) is 0. The molecule has 10 aromatic rings. The molecule has 0 amide bonds. The summed E-state index contributed by atoms with van der Waals surface area (Å²) < 4.78 is 178. The van der Waals surface area contributed by atoms with Crippen molar-refractivity contribution in [3.8, 4) is 44.8 Å². The highest BCUT2D eigenvalue weighted by Gasteiger charge is 2.38. The van der Waals surface area contributed by atoms with Gasteiger partial charge in [0.1, 0.15) is 0 Å². The fourth-order valence-corrected chi connectivity index (χ4v) is 9.32. The third-order valence-electron chi connectivity index (χ3n) is 12.2. The largest absolute Gasteiger partial charge is 0.418 e. The minimum Gasteiger partial charge on any atom is -0.309 e. The maximum Gasteiger partial charge on any atom is 0.418 e. The molecule has 0 radical (unpaired) electrons. The Balaban J connectivity index is 1.21. The molecule has 14 heteroatoms. The second-order valence-electron chi connectivity index (χ2n) is 16.8. The molecule has 0 aliphatic rings. The summed E-state index contributed by atoms with van der Waals surface area (Å²) in [5, 5.41) is 2.06. The van der Waals surface area contributed by atoms with Crippen molar-refractivity contribution in [2.75, 3.05) is 0 Å². The molecule has 10 rings (SSSR count). The van der Waals surface area contributed by atoms with Gasteiger partial charge in [0.05, 0.1) is 55.7 Å². The van der Waals surface area contributed by atoms with E-state index in [-0.39, 0.29) is 33.3 Å². The molecule has 342 valence electrons. The number of benzene rings is 8. The molecule has 0 saturated carbocycles. The highest BCUT2D eigenvalue weighted by molar-refractivity contribution is 6.11. The van der Waals surface area contributed by atoms with Crippen molar-refractivity contribution in [3.05, 3.63) is 191 Å². The van der Waals surface area contributed by atoms with Crippen molar-refractivity contribution in [2.24, 2.45) is 0 Å². The third-order valence-corrected chi connectivity index (χ3v) is 12.2. The lowest BCUT2D eigenvalue weighted by Gasteiger charge is -2.20. The quantitative estimate of drug-likeness (QED) is 0.152. The number of nitrogens with zero attached hydrogens (tertiary/aromatic N) is 2. The van der Waals surface area contributed by atoms with Crippen molar-refractivity contribution < 1.29 is 52.7 Å². The number of aryl methyl sites for hydroxylation is 2. The van der Waals surface area contributed by atoms with Crippen LogP contribution in [0.2, 0.25) is 0 Å². The second kappa shape index (κ2) is 15.5. The van der Waals surface area contributed by atoms with E-state index in [0.717, 1.165) is 48.5 Å². The molecule has 0 aliphatic heterocycles. The normalized spacial score (nSPS) is 12.9. The van der Waals surface area contributed by atoms with Gasteiger partial charge in [-0.3, -0.25) is 0 Å². The molecule has 0 saturated heterocycles. The maximum atomic E-state index is 15.2. The number of halogens is 12. The summed E-state index contributed by atoms with van der Waals surface area (Å²) in [7, 11) is 0. The predicted octanol–water partition coefficient (Wildman–Crippen LogP) is 17.6. The summed E-state index contributed by atoms with van der Waals surface area (Å²) in [6, 6.07) is 36.2. The number of alkyl halides is 12. The Kier molecular flexibility index (Phi) is 10.1. The topological polar surface area (TPSA) is 9.86 Å². The lowest BCUT2D eigenvalue weighted by atomic mass is 9.98. The molecule has 2 aromatic heterocycles. The molecule has 2 nitrogen and oxygen atoms in total. The van der Waals surface area contributed by atoms with Gasteiger partial charge in [0.25, 0.3) is 0 Å². The van der Waals surface area contributed by atoms with Gasteiger partial charge in [-0.2, -0.15) is 52.7 Å². The van der Waals surface area contributed by atoms with Crippen LogP contribution in [0.15, 0.2) is 158 Å². The van der Waals surface area contributed by atoms with Gasteiger partial charge in [-0.25, -0.2) is 0 Å². The van der Waals surface area contributed by atoms with Crippen LogP contribution in [-0.4, -0.2) is 9.13 Å². The van der Waals surface area contributed by atoms with Gasteiger partial charge in [0.15, 0.2) is 0 Å². The monoisotopic (exact) mass is 936 g/mol. The van der Waals surface area contributed by atoms with Crippen LogP contribution in [0.4, 0.5) is 52.7 Å². The van der Waals surface area contributed by atoms with Gasteiger partial charge in [-0.15, -0.1) is 0 Å². The van der Waals surface area contributed by atoms with Crippen LogP contribution in [0.3, 0.4) is 0 Å². The van der Waals surface area contributed by atoms with E-state index in [9.17, 15) is 26.3 Å². The van der Waals surface area contributed by atoms with Crippen molar-refractivity contribution in [1.29, 1.82) is 0 Å². The van der Waals surface area contributed by atoms with E-state index in [1.807, 2.05) is 0 Å². The van der Waals surface area contributed by atoms with Gasteiger partial charge in [-0.05, 0) is 131 Å². The summed E-state index contributed by atoms with van der Waals surface area (Å²) >= 11 is 0. The van der Waals surface area contributed by atoms with E-state index in [0.29, 0.717) is 54.8 Å². The fourth-order valence-electron chi connectivity index (χ4n) is 9.32. The Labute approximate surface area is 378 Å². The molecule has 8 aromatic carbocycles. The molecule has 0 unspecified atom stereocenters. The van der Waals surface area contributed by atoms with Crippen LogP contribution in [0.5, 0.6) is 0 Å². The fraction of sp³-hybridized carbons (Fsp3) is 0.111. The van der Waals surface area contributed by atoms with Crippen molar-refractivity contribution in [3.63, 3.8) is 0 Å². The average molecular weight is 937 g/mol. The number of rotatable bonds is 5. The molecule has 0 bridgehead atoms. The van der Waals surface area contributed by atoms with E-state index in [4.69, 9.17) is 0 Å². The second-order valence-corrected chi connectivity index (χ2v) is 16.8. The van der Waals surface area contributed by atoms with E-state index in [2.05, 4.69) is 0 Å². The standard InChI is InChI=1S/C54H32F12N2/c1-29-19-35(23-37(21-29)51(55,56)57)33-11-15-41-39-7-3-5-9-45(39)67(47(41)25-33)49-27-31(13-17-43(49)53(61,62)63)32-14-18-44(54(64,65)66)50(28-32)68-46-10-6-4-8-40(46)42-16-12-34(26-48(42)68)36-20-30(2)22-38(24-36)52(58,59)60/h3-28H,1-2H3. The van der Waals surface area contributed by atoms with E-state index >= 15 is 26.3 Å². The molecule has 0 fully saturated rings. The zero-order chi connectivity index (χ0) is 48.2. The minimum absolute atomic E-state index is 0.0967. The molecule has 0 atom stereocenters. The van der Waals surface area contributed by atoms with E-state index < -0.39 is 58.3 Å². The zero-order valence-electron chi connectivity index (χ0n) is 35.4. The van der Waals surface area contributed by atoms with E-state index in [1.165, 1.54) is 59.4 Å². The van der Waals surface area contributed by atoms with Gasteiger partial charge in [0.2, 0.25) is 0 Å². The first kappa shape index (κ1) is 44.4. The summed E-state index contributed by atoms with van der Waals surface area (Å²) in [6.07, 6.45) is -19.2. The van der Waals surface area contributed by atoms with Crippen LogP contribution >= 0.6 is 0 Å².